The van der Waals surface area contributed by atoms with Crippen LogP contribution in [-0.4, -0.2) is 5.11 Å². The van der Waals surface area contributed by atoms with Crippen molar-refractivity contribution in [1.29, 1.82) is 0 Å². The average molecular weight is 258 g/mol. The first-order valence-electron chi connectivity index (χ1n) is 7.31. The number of rotatable bonds is 2. The zero-order valence-corrected chi connectivity index (χ0v) is 11.8. The highest BCUT2D eigenvalue weighted by Crippen LogP contribution is 2.41. The summed E-state index contributed by atoms with van der Waals surface area (Å²) in [7, 11) is 0. The minimum Gasteiger partial charge on any atom is -0.458 e. The second-order valence-electron chi connectivity index (χ2n) is 6.09. The van der Waals surface area contributed by atoms with Crippen molar-refractivity contribution < 1.29 is 9.52 Å². The van der Waals surface area contributed by atoms with Crippen molar-refractivity contribution in [3.8, 4) is 0 Å². The van der Waals surface area contributed by atoms with Crippen molar-refractivity contribution in [2.45, 2.75) is 51.6 Å². The van der Waals surface area contributed by atoms with E-state index in [-0.39, 0.29) is 0 Å². The van der Waals surface area contributed by atoms with Crippen LogP contribution in [0, 0.1) is 12.8 Å². The molecule has 1 unspecified atom stereocenters. The summed E-state index contributed by atoms with van der Waals surface area (Å²) in [6.07, 6.45) is 5.94. The second kappa shape index (κ2) is 4.68. The molecule has 1 atom stereocenters. The van der Waals surface area contributed by atoms with Crippen LogP contribution in [0.3, 0.4) is 0 Å². The second-order valence-corrected chi connectivity index (χ2v) is 6.09. The molecule has 0 aliphatic heterocycles. The van der Waals surface area contributed by atoms with E-state index < -0.39 is 5.60 Å². The van der Waals surface area contributed by atoms with Crippen LogP contribution in [0.1, 0.15) is 50.4 Å². The fourth-order valence-corrected chi connectivity index (χ4v) is 3.32. The Morgan fingerprint density at radius 2 is 1.95 bits per heavy atom. The fraction of sp³-hybridized carbons (Fsp3) is 0.529. The number of hydrogen-bond acceptors (Lipinski definition) is 2. The maximum atomic E-state index is 10.9. The first kappa shape index (κ1) is 12.7. The van der Waals surface area contributed by atoms with Gasteiger partial charge in [0, 0.05) is 5.39 Å². The van der Waals surface area contributed by atoms with Gasteiger partial charge in [0.25, 0.3) is 0 Å². The molecular formula is C17H22O2. The first-order valence-corrected chi connectivity index (χ1v) is 7.31. The maximum Gasteiger partial charge on any atom is 0.137 e. The monoisotopic (exact) mass is 258 g/mol. The van der Waals surface area contributed by atoms with E-state index in [0.29, 0.717) is 5.92 Å². The van der Waals surface area contributed by atoms with E-state index in [1.807, 2.05) is 38.1 Å². The van der Waals surface area contributed by atoms with Crippen molar-refractivity contribution in [2.75, 3.05) is 0 Å². The minimum absolute atomic E-state index is 0.321. The van der Waals surface area contributed by atoms with Crippen LogP contribution in [0.2, 0.25) is 0 Å². The Kier molecular flexibility index (Phi) is 3.14. The van der Waals surface area contributed by atoms with E-state index in [2.05, 4.69) is 0 Å². The lowest BCUT2D eigenvalue weighted by Gasteiger charge is -2.33. The quantitative estimate of drug-likeness (QED) is 0.858. The highest BCUT2D eigenvalue weighted by atomic mass is 16.4. The summed E-state index contributed by atoms with van der Waals surface area (Å²) in [5, 5.41) is 12.0. The van der Waals surface area contributed by atoms with Crippen LogP contribution < -0.4 is 0 Å². The van der Waals surface area contributed by atoms with Crippen LogP contribution in [-0.2, 0) is 5.60 Å². The van der Waals surface area contributed by atoms with Gasteiger partial charge >= 0.3 is 0 Å². The average Bonchev–Trinajstić information content (AvgIpc) is 2.86. The molecule has 1 fully saturated rings. The third kappa shape index (κ3) is 2.18. The number of hydrogen-bond donors (Lipinski definition) is 1. The van der Waals surface area contributed by atoms with Gasteiger partial charge in [-0.25, -0.2) is 0 Å². The van der Waals surface area contributed by atoms with Crippen LogP contribution in [0.5, 0.6) is 0 Å². The molecule has 0 amide bonds. The van der Waals surface area contributed by atoms with E-state index in [4.69, 9.17) is 4.42 Å². The van der Waals surface area contributed by atoms with Gasteiger partial charge in [-0.05, 0) is 44.2 Å². The topological polar surface area (TPSA) is 33.4 Å². The Morgan fingerprint density at radius 3 is 2.63 bits per heavy atom. The summed E-state index contributed by atoms with van der Waals surface area (Å²) < 4.78 is 5.97. The highest BCUT2D eigenvalue weighted by Gasteiger charge is 2.37. The van der Waals surface area contributed by atoms with Crippen molar-refractivity contribution >= 4 is 11.0 Å². The van der Waals surface area contributed by atoms with Gasteiger partial charge in [0.1, 0.15) is 16.9 Å². The SMILES string of the molecule is Cc1cccc2cc(C(C)(O)C3CCCCC3)oc12. The number of benzene rings is 1. The number of aliphatic hydroxyl groups is 1. The van der Waals surface area contributed by atoms with Gasteiger partial charge in [0.05, 0.1) is 0 Å². The Hall–Kier alpha value is -1.28. The number of aryl methyl sites for hydroxylation is 1. The number of fused-ring (bicyclic) bond motifs is 1. The molecule has 1 N–H and O–H groups in total. The molecule has 1 aromatic heterocycles. The van der Waals surface area contributed by atoms with Gasteiger partial charge in [0.2, 0.25) is 0 Å². The largest absolute Gasteiger partial charge is 0.458 e. The van der Waals surface area contributed by atoms with Crippen molar-refractivity contribution in [3.63, 3.8) is 0 Å². The molecule has 1 saturated carbocycles. The first-order chi connectivity index (χ1) is 9.09. The molecule has 1 heterocycles. The van der Waals surface area contributed by atoms with E-state index >= 15 is 0 Å². The predicted octanol–water partition coefficient (Wildman–Crippen LogP) is 4.53. The standard InChI is InChI=1S/C17H22O2/c1-12-7-6-8-13-11-15(19-16(12)13)17(2,18)14-9-4-3-5-10-14/h6-8,11,14,18H,3-5,9-10H2,1-2H3. The third-order valence-corrected chi connectivity index (χ3v) is 4.64. The lowest BCUT2D eigenvalue weighted by molar-refractivity contribution is -0.0379. The Labute approximate surface area is 114 Å². The molecule has 3 rings (SSSR count). The zero-order chi connectivity index (χ0) is 13.5. The molecule has 0 bridgehead atoms. The molecule has 19 heavy (non-hydrogen) atoms. The summed E-state index contributed by atoms with van der Waals surface area (Å²) in [5.74, 6) is 1.05. The van der Waals surface area contributed by atoms with Crippen LogP contribution >= 0.6 is 0 Å². The summed E-state index contributed by atoms with van der Waals surface area (Å²) in [4.78, 5) is 0. The summed E-state index contributed by atoms with van der Waals surface area (Å²) in [5.41, 5.74) is 1.20. The maximum absolute atomic E-state index is 10.9. The van der Waals surface area contributed by atoms with E-state index in [1.54, 1.807) is 0 Å². The molecule has 1 aromatic carbocycles. The molecule has 0 radical (unpaired) electrons. The van der Waals surface area contributed by atoms with E-state index in [0.717, 1.165) is 35.1 Å². The van der Waals surface area contributed by atoms with Crippen LogP contribution in [0.15, 0.2) is 28.7 Å². The van der Waals surface area contributed by atoms with Gasteiger partial charge < -0.3 is 9.52 Å². The fourth-order valence-electron chi connectivity index (χ4n) is 3.32. The molecule has 2 heteroatoms. The Bertz CT molecular complexity index is 574. The lowest BCUT2D eigenvalue weighted by atomic mass is 9.76. The number of para-hydroxylation sites is 1. The molecule has 1 aliphatic carbocycles. The van der Waals surface area contributed by atoms with E-state index in [1.165, 1.54) is 19.3 Å². The van der Waals surface area contributed by atoms with Crippen LogP contribution in [0.25, 0.3) is 11.0 Å². The predicted molar refractivity (Wildman–Crippen MR) is 77.1 cm³/mol. The van der Waals surface area contributed by atoms with Gasteiger partial charge in [-0.3, -0.25) is 0 Å². The molecule has 0 saturated heterocycles. The summed E-state index contributed by atoms with van der Waals surface area (Å²) in [6, 6.07) is 8.14. The Balaban J connectivity index is 2.00. The van der Waals surface area contributed by atoms with Crippen molar-refractivity contribution in [1.82, 2.24) is 0 Å². The molecule has 0 spiro atoms. The summed E-state index contributed by atoms with van der Waals surface area (Å²) >= 11 is 0. The molecular weight excluding hydrogens is 236 g/mol. The van der Waals surface area contributed by atoms with Gasteiger partial charge in [-0.15, -0.1) is 0 Å². The van der Waals surface area contributed by atoms with Gasteiger partial charge in [0.15, 0.2) is 0 Å². The molecule has 2 aromatic rings. The van der Waals surface area contributed by atoms with Crippen molar-refractivity contribution in [2.24, 2.45) is 5.92 Å². The third-order valence-electron chi connectivity index (χ3n) is 4.64. The zero-order valence-electron chi connectivity index (χ0n) is 11.8. The number of furan rings is 1. The normalized spacial score (nSPS) is 20.6. The smallest absolute Gasteiger partial charge is 0.137 e. The Morgan fingerprint density at radius 1 is 1.21 bits per heavy atom. The van der Waals surface area contributed by atoms with Gasteiger partial charge in [-0.2, -0.15) is 0 Å². The van der Waals surface area contributed by atoms with Crippen molar-refractivity contribution in [3.05, 3.63) is 35.6 Å². The van der Waals surface area contributed by atoms with E-state index in [9.17, 15) is 5.11 Å². The van der Waals surface area contributed by atoms with Gasteiger partial charge in [-0.1, -0.05) is 37.5 Å². The molecule has 102 valence electrons. The molecule has 2 nitrogen and oxygen atoms in total. The minimum atomic E-state index is -0.841. The molecule has 1 aliphatic rings. The lowest BCUT2D eigenvalue weighted by Crippen LogP contribution is -2.32. The summed E-state index contributed by atoms with van der Waals surface area (Å²) in [6.45, 7) is 3.96. The van der Waals surface area contributed by atoms with Crippen LogP contribution in [0.4, 0.5) is 0 Å². The highest BCUT2D eigenvalue weighted by molar-refractivity contribution is 5.81.